The Labute approximate surface area is 114 Å². The highest BCUT2D eigenvalue weighted by Gasteiger charge is 2.27. The zero-order valence-corrected chi connectivity index (χ0v) is 11.6. The highest BCUT2D eigenvalue weighted by atomic mass is 16.5. The molecule has 1 aromatic carbocycles. The number of ether oxygens (including phenoxy) is 1. The molecule has 4 nitrogen and oxygen atoms in total. The Morgan fingerprint density at radius 2 is 2.21 bits per heavy atom. The van der Waals surface area contributed by atoms with Gasteiger partial charge in [-0.15, -0.1) is 0 Å². The Kier molecular flexibility index (Phi) is 4.56. The van der Waals surface area contributed by atoms with E-state index in [0.717, 1.165) is 19.5 Å². The molecule has 1 aliphatic rings. The third kappa shape index (κ3) is 3.33. The van der Waals surface area contributed by atoms with Gasteiger partial charge in [-0.1, -0.05) is 12.1 Å². The molecule has 0 radical (unpaired) electrons. The van der Waals surface area contributed by atoms with Gasteiger partial charge < -0.3 is 10.5 Å². The van der Waals surface area contributed by atoms with Crippen LogP contribution < -0.4 is 10.5 Å². The van der Waals surface area contributed by atoms with Crippen LogP contribution in [0.3, 0.4) is 0 Å². The number of carbonyl (C=O) groups is 1. The van der Waals surface area contributed by atoms with Crippen LogP contribution in [0.1, 0.15) is 30.6 Å². The van der Waals surface area contributed by atoms with Crippen molar-refractivity contribution in [2.45, 2.75) is 32.4 Å². The van der Waals surface area contributed by atoms with Crippen LogP contribution in [0.4, 0.5) is 0 Å². The molecule has 2 N–H and O–H groups in total. The van der Waals surface area contributed by atoms with Gasteiger partial charge in [-0.25, -0.2) is 0 Å². The second kappa shape index (κ2) is 6.17. The smallest absolute Gasteiger partial charge is 0.163 e. The minimum Gasteiger partial charge on any atom is -0.491 e. The first-order valence-corrected chi connectivity index (χ1v) is 6.82. The molecule has 2 unspecified atom stereocenters. The van der Waals surface area contributed by atoms with Crippen LogP contribution in [-0.2, 0) is 0 Å². The average Bonchev–Trinajstić information content (AvgIpc) is 2.71. The second-order valence-electron chi connectivity index (χ2n) is 5.13. The summed E-state index contributed by atoms with van der Waals surface area (Å²) in [6.07, 6.45) is 1.05. The van der Waals surface area contributed by atoms with Gasteiger partial charge in [0.1, 0.15) is 12.4 Å². The molecule has 0 aromatic heterocycles. The number of hydrogen-bond donors (Lipinski definition) is 1. The van der Waals surface area contributed by atoms with Crippen LogP contribution in [0, 0.1) is 0 Å². The number of para-hydroxylation sites is 1. The zero-order valence-electron chi connectivity index (χ0n) is 11.6. The van der Waals surface area contributed by atoms with E-state index in [1.807, 2.05) is 18.2 Å². The molecule has 19 heavy (non-hydrogen) atoms. The monoisotopic (exact) mass is 262 g/mol. The van der Waals surface area contributed by atoms with E-state index in [1.165, 1.54) is 0 Å². The summed E-state index contributed by atoms with van der Waals surface area (Å²) in [6.45, 7) is 6.17. The van der Waals surface area contributed by atoms with Crippen molar-refractivity contribution in [3.8, 4) is 5.75 Å². The average molecular weight is 262 g/mol. The van der Waals surface area contributed by atoms with Crippen molar-refractivity contribution in [3.63, 3.8) is 0 Å². The molecule has 1 aliphatic heterocycles. The van der Waals surface area contributed by atoms with E-state index in [9.17, 15) is 4.79 Å². The van der Waals surface area contributed by atoms with Crippen molar-refractivity contribution in [3.05, 3.63) is 29.8 Å². The number of ketones is 1. The van der Waals surface area contributed by atoms with Gasteiger partial charge in [0.2, 0.25) is 0 Å². The lowest BCUT2D eigenvalue weighted by atomic mass is 10.1. The lowest BCUT2D eigenvalue weighted by Gasteiger charge is -2.23. The number of benzene rings is 1. The van der Waals surface area contributed by atoms with Crippen molar-refractivity contribution < 1.29 is 9.53 Å². The molecule has 1 fully saturated rings. The zero-order chi connectivity index (χ0) is 13.8. The Morgan fingerprint density at radius 3 is 2.84 bits per heavy atom. The number of hydrogen-bond acceptors (Lipinski definition) is 4. The topological polar surface area (TPSA) is 55.6 Å². The molecular formula is C15H22N2O2. The molecule has 1 saturated heterocycles. The third-order valence-corrected chi connectivity index (χ3v) is 3.85. The van der Waals surface area contributed by atoms with Crippen LogP contribution in [-0.4, -0.2) is 42.5 Å². The molecule has 104 valence electrons. The summed E-state index contributed by atoms with van der Waals surface area (Å²) in [4.78, 5) is 13.8. The fourth-order valence-corrected chi connectivity index (χ4v) is 2.50. The lowest BCUT2D eigenvalue weighted by molar-refractivity contribution is 0.101. The molecule has 0 amide bonds. The molecule has 2 rings (SSSR count). The van der Waals surface area contributed by atoms with Crippen molar-refractivity contribution in [1.29, 1.82) is 0 Å². The summed E-state index contributed by atoms with van der Waals surface area (Å²) < 4.78 is 5.74. The minimum absolute atomic E-state index is 0.0344. The van der Waals surface area contributed by atoms with Gasteiger partial charge in [-0.2, -0.15) is 0 Å². The molecule has 0 saturated carbocycles. The standard InChI is InChI=1S/C15H22N2O2/c1-11-14(16)7-8-17(11)9-10-19-15-6-4-3-5-13(15)12(2)18/h3-6,11,14H,7-10,16H2,1-2H3. The molecule has 1 aromatic rings. The maximum atomic E-state index is 11.5. The van der Waals surface area contributed by atoms with Crippen molar-refractivity contribution >= 4 is 5.78 Å². The molecule has 0 bridgehead atoms. The molecule has 0 spiro atoms. The Morgan fingerprint density at radius 1 is 1.47 bits per heavy atom. The third-order valence-electron chi connectivity index (χ3n) is 3.85. The first-order chi connectivity index (χ1) is 9.09. The van der Waals surface area contributed by atoms with Crippen LogP contribution in [0.25, 0.3) is 0 Å². The molecule has 0 aliphatic carbocycles. The molecule has 1 heterocycles. The highest BCUT2D eigenvalue weighted by molar-refractivity contribution is 5.96. The second-order valence-corrected chi connectivity index (χ2v) is 5.13. The number of Topliss-reactive ketones (excluding diaryl/α,β-unsaturated/α-hetero) is 1. The number of nitrogens with two attached hydrogens (primary N) is 1. The van der Waals surface area contributed by atoms with Crippen LogP contribution in [0.2, 0.25) is 0 Å². The predicted octanol–water partition coefficient (Wildman–Crippen LogP) is 1.69. The SMILES string of the molecule is CC(=O)c1ccccc1OCCN1CCC(N)C1C. The summed E-state index contributed by atoms with van der Waals surface area (Å²) in [7, 11) is 0. The van der Waals surface area contributed by atoms with Gasteiger partial charge in [0.05, 0.1) is 5.56 Å². The maximum Gasteiger partial charge on any atom is 0.163 e. The number of likely N-dealkylation sites (tertiary alicyclic amines) is 1. The number of nitrogens with zero attached hydrogens (tertiary/aromatic N) is 1. The first kappa shape index (κ1) is 14.0. The summed E-state index contributed by atoms with van der Waals surface area (Å²) in [5, 5.41) is 0. The molecular weight excluding hydrogens is 240 g/mol. The van der Waals surface area contributed by atoms with E-state index < -0.39 is 0 Å². The van der Waals surface area contributed by atoms with Crippen LogP contribution in [0.5, 0.6) is 5.75 Å². The fourth-order valence-electron chi connectivity index (χ4n) is 2.50. The fraction of sp³-hybridized carbons (Fsp3) is 0.533. The highest BCUT2D eigenvalue weighted by Crippen LogP contribution is 2.19. The lowest BCUT2D eigenvalue weighted by Crippen LogP contribution is -2.38. The quantitative estimate of drug-likeness (QED) is 0.820. The predicted molar refractivity (Wildman–Crippen MR) is 75.6 cm³/mol. The molecule has 2 atom stereocenters. The van der Waals surface area contributed by atoms with Crippen LogP contribution in [0.15, 0.2) is 24.3 Å². The minimum atomic E-state index is 0.0344. The van der Waals surface area contributed by atoms with Gasteiger partial charge in [-0.05, 0) is 32.4 Å². The number of rotatable bonds is 5. The summed E-state index contributed by atoms with van der Waals surface area (Å²) in [5.74, 6) is 0.707. The van der Waals surface area contributed by atoms with E-state index in [4.69, 9.17) is 10.5 Å². The van der Waals surface area contributed by atoms with Crippen molar-refractivity contribution in [2.24, 2.45) is 5.73 Å². The maximum absolute atomic E-state index is 11.5. The first-order valence-electron chi connectivity index (χ1n) is 6.82. The van der Waals surface area contributed by atoms with E-state index in [-0.39, 0.29) is 11.8 Å². The van der Waals surface area contributed by atoms with Crippen LogP contribution >= 0.6 is 0 Å². The van der Waals surface area contributed by atoms with Crippen molar-refractivity contribution in [2.75, 3.05) is 19.7 Å². The van der Waals surface area contributed by atoms with E-state index in [1.54, 1.807) is 13.0 Å². The van der Waals surface area contributed by atoms with E-state index >= 15 is 0 Å². The number of carbonyl (C=O) groups excluding carboxylic acids is 1. The van der Waals surface area contributed by atoms with Gasteiger partial charge >= 0.3 is 0 Å². The van der Waals surface area contributed by atoms with E-state index in [0.29, 0.717) is 24.0 Å². The Hall–Kier alpha value is -1.39. The largest absolute Gasteiger partial charge is 0.491 e. The van der Waals surface area contributed by atoms with E-state index in [2.05, 4.69) is 11.8 Å². The van der Waals surface area contributed by atoms with Gasteiger partial charge in [-0.3, -0.25) is 9.69 Å². The Bertz CT molecular complexity index is 448. The normalized spacial score (nSPS) is 23.5. The summed E-state index contributed by atoms with van der Waals surface area (Å²) in [5.41, 5.74) is 6.64. The summed E-state index contributed by atoms with van der Waals surface area (Å²) >= 11 is 0. The van der Waals surface area contributed by atoms with Gasteiger partial charge in [0, 0.05) is 25.2 Å². The summed E-state index contributed by atoms with van der Waals surface area (Å²) in [6, 6.07) is 8.06. The molecule has 4 heteroatoms. The van der Waals surface area contributed by atoms with Crippen molar-refractivity contribution in [1.82, 2.24) is 4.90 Å². The Balaban J connectivity index is 1.88. The van der Waals surface area contributed by atoms with Gasteiger partial charge in [0.25, 0.3) is 0 Å². The van der Waals surface area contributed by atoms with Gasteiger partial charge in [0.15, 0.2) is 5.78 Å².